The second-order valence-corrected chi connectivity index (χ2v) is 9.30. The Bertz CT molecular complexity index is 1300. The molecule has 8 nitrogen and oxygen atoms in total. The number of carbonyl (C=O) groups is 1. The molecule has 0 aromatic heterocycles. The topological polar surface area (TPSA) is 109 Å². The Morgan fingerprint density at radius 3 is 2.26 bits per heavy atom. The highest BCUT2D eigenvalue weighted by Gasteiger charge is 2.29. The van der Waals surface area contributed by atoms with Crippen LogP contribution in [0.2, 0.25) is 0 Å². The zero-order valence-corrected chi connectivity index (χ0v) is 19.9. The summed E-state index contributed by atoms with van der Waals surface area (Å²) in [7, 11) is -1.20. The van der Waals surface area contributed by atoms with Crippen LogP contribution in [0.3, 0.4) is 0 Å². The largest absolute Gasteiger partial charge is 0.497 e. The lowest BCUT2D eigenvalue weighted by atomic mass is 10.1. The van der Waals surface area contributed by atoms with Gasteiger partial charge in [-0.2, -0.15) is 5.26 Å². The standard InChI is InChI=1S/C25H25N3O5S/c1-18-4-11-22(12-5-18)34(30,31)28(23-13-10-21(32-2)16-24(23)33-3)17-25(29)27-20-8-6-19(7-9-20)14-15-26/h4-13,16H,14,17H2,1-3H3,(H,27,29). The van der Waals surface area contributed by atoms with Crippen LogP contribution < -0.4 is 19.1 Å². The molecule has 3 aromatic rings. The maximum absolute atomic E-state index is 13.6. The molecule has 0 saturated carbocycles. The van der Waals surface area contributed by atoms with Gasteiger partial charge in [-0.15, -0.1) is 0 Å². The number of benzene rings is 3. The lowest BCUT2D eigenvalue weighted by Crippen LogP contribution is -2.38. The van der Waals surface area contributed by atoms with Crippen molar-refractivity contribution in [3.8, 4) is 17.6 Å². The lowest BCUT2D eigenvalue weighted by Gasteiger charge is -2.26. The first-order chi connectivity index (χ1) is 16.3. The van der Waals surface area contributed by atoms with Gasteiger partial charge in [-0.25, -0.2) is 8.42 Å². The van der Waals surface area contributed by atoms with Crippen LogP contribution in [0.1, 0.15) is 11.1 Å². The molecule has 0 radical (unpaired) electrons. The third kappa shape index (κ3) is 5.66. The number of ether oxygens (including phenoxy) is 2. The van der Waals surface area contributed by atoms with Crippen molar-refractivity contribution in [2.24, 2.45) is 0 Å². The van der Waals surface area contributed by atoms with Crippen molar-refractivity contribution in [1.29, 1.82) is 5.26 Å². The number of hydrogen-bond donors (Lipinski definition) is 1. The van der Waals surface area contributed by atoms with Gasteiger partial charge in [0.25, 0.3) is 10.0 Å². The van der Waals surface area contributed by atoms with E-state index in [1.54, 1.807) is 48.5 Å². The van der Waals surface area contributed by atoms with Crippen molar-refractivity contribution >= 4 is 27.3 Å². The highest BCUT2D eigenvalue weighted by molar-refractivity contribution is 7.92. The maximum Gasteiger partial charge on any atom is 0.264 e. The van der Waals surface area contributed by atoms with Gasteiger partial charge in [0.15, 0.2) is 0 Å². The van der Waals surface area contributed by atoms with E-state index in [0.717, 1.165) is 15.4 Å². The first kappa shape index (κ1) is 24.6. The summed E-state index contributed by atoms with van der Waals surface area (Å²) in [4.78, 5) is 13.0. The number of anilines is 2. The molecule has 3 aromatic carbocycles. The number of hydrogen-bond acceptors (Lipinski definition) is 6. The second kappa shape index (κ2) is 10.7. The van der Waals surface area contributed by atoms with Crippen LogP contribution in [0.5, 0.6) is 11.5 Å². The summed E-state index contributed by atoms with van der Waals surface area (Å²) in [6.07, 6.45) is 0.258. The molecule has 0 unspecified atom stereocenters. The molecule has 1 N–H and O–H groups in total. The first-order valence-electron chi connectivity index (χ1n) is 10.4. The molecule has 1 amide bonds. The van der Waals surface area contributed by atoms with Crippen molar-refractivity contribution in [2.75, 3.05) is 30.4 Å². The fourth-order valence-electron chi connectivity index (χ4n) is 3.26. The fourth-order valence-corrected chi connectivity index (χ4v) is 4.69. The summed E-state index contributed by atoms with van der Waals surface area (Å²) in [5.41, 5.74) is 2.40. The van der Waals surface area contributed by atoms with Crippen molar-refractivity contribution in [1.82, 2.24) is 0 Å². The Kier molecular flexibility index (Phi) is 7.76. The SMILES string of the molecule is COc1ccc(N(CC(=O)Nc2ccc(CC#N)cc2)S(=O)(=O)c2ccc(C)cc2)c(OC)c1. The van der Waals surface area contributed by atoms with E-state index in [0.29, 0.717) is 11.4 Å². The zero-order valence-electron chi connectivity index (χ0n) is 19.1. The summed E-state index contributed by atoms with van der Waals surface area (Å²) in [6, 6.07) is 19.9. The molecule has 176 valence electrons. The van der Waals surface area contributed by atoms with Crippen LogP contribution in [0.25, 0.3) is 0 Å². The molecule has 0 saturated heterocycles. The van der Waals surface area contributed by atoms with Crippen LogP contribution in [0.15, 0.2) is 71.6 Å². The van der Waals surface area contributed by atoms with Crippen molar-refractivity contribution < 1.29 is 22.7 Å². The van der Waals surface area contributed by atoms with Gasteiger partial charge in [0, 0.05) is 11.8 Å². The average molecular weight is 480 g/mol. The Labute approximate surface area is 199 Å². The Morgan fingerprint density at radius 2 is 1.68 bits per heavy atom. The monoisotopic (exact) mass is 479 g/mol. The third-order valence-corrected chi connectivity index (χ3v) is 6.85. The van der Waals surface area contributed by atoms with Crippen LogP contribution in [-0.2, 0) is 21.2 Å². The number of nitrogens with zero attached hydrogens (tertiary/aromatic N) is 2. The van der Waals surface area contributed by atoms with Crippen LogP contribution >= 0.6 is 0 Å². The van der Waals surface area contributed by atoms with Gasteiger partial charge >= 0.3 is 0 Å². The van der Waals surface area contributed by atoms with E-state index in [2.05, 4.69) is 11.4 Å². The molecule has 3 rings (SSSR count). The molecule has 0 heterocycles. The number of nitriles is 1. The molecule has 34 heavy (non-hydrogen) atoms. The summed E-state index contributed by atoms with van der Waals surface area (Å²) in [5, 5.41) is 11.5. The van der Waals surface area contributed by atoms with Gasteiger partial charge in [0.2, 0.25) is 5.91 Å². The van der Waals surface area contributed by atoms with E-state index >= 15 is 0 Å². The zero-order chi connectivity index (χ0) is 24.7. The van der Waals surface area contributed by atoms with Crippen molar-refractivity contribution in [2.45, 2.75) is 18.2 Å². The average Bonchev–Trinajstić information content (AvgIpc) is 2.84. The van der Waals surface area contributed by atoms with Crippen LogP contribution in [0, 0.1) is 18.3 Å². The summed E-state index contributed by atoms with van der Waals surface area (Å²) >= 11 is 0. The molecule has 0 aliphatic heterocycles. The molecular formula is C25H25N3O5S. The van der Waals surface area contributed by atoms with Gasteiger partial charge in [0.1, 0.15) is 18.0 Å². The third-order valence-electron chi connectivity index (χ3n) is 5.07. The molecule has 0 aliphatic rings. The van der Waals surface area contributed by atoms with Crippen molar-refractivity contribution in [3.05, 3.63) is 77.9 Å². The van der Waals surface area contributed by atoms with E-state index < -0.39 is 22.5 Å². The number of nitrogens with one attached hydrogen (secondary N) is 1. The number of methoxy groups -OCH3 is 2. The molecular weight excluding hydrogens is 454 g/mol. The number of amides is 1. The molecule has 9 heteroatoms. The molecule has 0 bridgehead atoms. The van der Waals surface area contributed by atoms with Gasteiger partial charge in [-0.05, 0) is 48.9 Å². The van der Waals surface area contributed by atoms with E-state index in [1.165, 1.54) is 32.4 Å². The van der Waals surface area contributed by atoms with Gasteiger partial charge in [0.05, 0.1) is 37.3 Å². The number of sulfonamides is 1. The maximum atomic E-state index is 13.6. The second-order valence-electron chi connectivity index (χ2n) is 7.44. The van der Waals surface area contributed by atoms with E-state index in [-0.39, 0.29) is 22.8 Å². The minimum absolute atomic E-state index is 0.0460. The minimum atomic E-state index is -4.11. The van der Waals surface area contributed by atoms with Gasteiger partial charge < -0.3 is 14.8 Å². The fraction of sp³-hybridized carbons (Fsp3) is 0.200. The Morgan fingerprint density at radius 1 is 1.00 bits per heavy atom. The Hall–Kier alpha value is -4.03. The normalized spacial score (nSPS) is 10.8. The molecule has 0 atom stereocenters. The minimum Gasteiger partial charge on any atom is -0.497 e. The van der Waals surface area contributed by atoms with E-state index in [4.69, 9.17) is 14.7 Å². The Balaban J connectivity index is 1.97. The quantitative estimate of drug-likeness (QED) is 0.498. The van der Waals surface area contributed by atoms with Gasteiger partial charge in [-0.1, -0.05) is 29.8 Å². The lowest BCUT2D eigenvalue weighted by molar-refractivity contribution is -0.114. The summed E-state index contributed by atoms with van der Waals surface area (Å²) in [5.74, 6) is 0.181. The highest BCUT2D eigenvalue weighted by Crippen LogP contribution is 2.35. The van der Waals surface area contributed by atoms with E-state index in [9.17, 15) is 13.2 Å². The van der Waals surface area contributed by atoms with E-state index in [1.807, 2.05) is 6.92 Å². The smallest absolute Gasteiger partial charge is 0.264 e. The first-order valence-corrected chi connectivity index (χ1v) is 11.8. The number of aryl methyl sites for hydroxylation is 1. The highest BCUT2D eigenvalue weighted by atomic mass is 32.2. The van der Waals surface area contributed by atoms with Crippen molar-refractivity contribution in [3.63, 3.8) is 0 Å². The number of carbonyl (C=O) groups excluding carboxylic acids is 1. The van der Waals surface area contributed by atoms with Crippen LogP contribution in [-0.4, -0.2) is 35.1 Å². The van der Waals surface area contributed by atoms with Crippen LogP contribution in [0.4, 0.5) is 11.4 Å². The molecule has 0 fully saturated rings. The summed E-state index contributed by atoms with van der Waals surface area (Å²) in [6.45, 7) is 1.37. The predicted octanol–water partition coefficient (Wildman–Crippen LogP) is 3.91. The summed E-state index contributed by atoms with van der Waals surface area (Å²) < 4.78 is 38.8. The van der Waals surface area contributed by atoms with Gasteiger partial charge in [-0.3, -0.25) is 9.10 Å². The molecule has 0 spiro atoms. The molecule has 0 aliphatic carbocycles. The predicted molar refractivity (Wildman–Crippen MR) is 130 cm³/mol. The number of rotatable bonds is 9.